The number of fused-ring (bicyclic) bond motifs is 1. The minimum absolute atomic E-state index is 0.162. The predicted molar refractivity (Wildman–Crippen MR) is 131 cm³/mol. The van der Waals surface area contributed by atoms with Crippen molar-refractivity contribution in [3.05, 3.63) is 71.5 Å². The molecule has 1 aliphatic carbocycles. The predicted octanol–water partition coefficient (Wildman–Crippen LogP) is 7.65. The molecule has 1 fully saturated rings. The summed E-state index contributed by atoms with van der Waals surface area (Å²) in [6, 6.07) is 16.4. The van der Waals surface area contributed by atoms with Gasteiger partial charge < -0.3 is 9.14 Å². The monoisotopic (exact) mass is 431 g/mol. The van der Waals surface area contributed by atoms with Gasteiger partial charge in [0.15, 0.2) is 5.78 Å². The van der Waals surface area contributed by atoms with E-state index in [1.807, 2.05) is 36.5 Å². The number of hydrogen-bond donors (Lipinski definition) is 0. The van der Waals surface area contributed by atoms with Crippen LogP contribution in [0.15, 0.2) is 54.7 Å². The lowest BCUT2D eigenvalue weighted by molar-refractivity contribution is 0.0862. The number of hydrogen-bond acceptors (Lipinski definition) is 2. The lowest BCUT2D eigenvalue weighted by Gasteiger charge is -2.28. The summed E-state index contributed by atoms with van der Waals surface area (Å²) in [6.07, 6.45) is 12.7. The molecule has 4 rings (SSSR count). The number of Topliss-reactive ketones (excluding diaryl/α,β-unsaturated/α-hetero) is 1. The molecule has 2 heterocycles. The molecular weight excluding hydrogens is 394 g/mol. The quantitative estimate of drug-likeness (QED) is 0.244. The Morgan fingerprint density at radius 3 is 2.50 bits per heavy atom. The first-order valence-corrected chi connectivity index (χ1v) is 12.5. The molecule has 0 unspecified atom stereocenters. The van der Waals surface area contributed by atoms with Gasteiger partial charge in [-0.05, 0) is 67.3 Å². The Labute approximate surface area is 192 Å². The Hall–Kier alpha value is -2.55. The second kappa shape index (κ2) is 10.8. The van der Waals surface area contributed by atoms with Gasteiger partial charge in [-0.25, -0.2) is 0 Å². The van der Waals surface area contributed by atoms with Gasteiger partial charge in [0.25, 0.3) is 0 Å². The van der Waals surface area contributed by atoms with Crippen molar-refractivity contribution in [2.24, 2.45) is 11.8 Å². The molecule has 2 aromatic heterocycles. The number of ketones is 1. The molecule has 3 nitrogen and oxygen atoms in total. The Kier molecular flexibility index (Phi) is 7.68. The average molecular weight is 432 g/mol. The number of aromatic nitrogens is 1. The maximum Gasteiger partial charge on any atom is 0.182 e. The molecule has 0 saturated heterocycles. The molecule has 1 aliphatic rings. The first-order valence-electron chi connectivity index (χ1n) is 12.5. The number of aryl methyl sites for hydroxylation is 1. The van der Waals surface area contributed by atoms with E-state index in [1.54, 1.807) is 0 Å². The van der Waals surface area contributed by atoms with E-state index in [0.717, 1.165) is 53.3 Å². The Bertz CT molecular complexity index is 1010. The fourth-order valence-electron chi connectivity index (χ4n) is 5.22. The third-order valence-corrected chi connectivity index (χ3v) is 7.14. The Morgan fingerprint density at radius 2 is 1.78 bits per heavy atom. The summed E-state index contributed by atoms with van der Waals surface area (Å²) in [5.74, 6) is 2.15. The fraction of sp³-hybridized carbons (Fsp3) is 0.483. The van der Waals surface area contributed by atoms with E-state index in [0.29, 0.717) is 12.4 Å². The minimum Gasteiger partial charge on any atom is -0.487 e. The molecule has 1 saturated carbocycles. The summed E-state index contributed by atoms with van der Waals surface area (Å²) in [5, 5.41) is 0. The van der Waals surface area contributed by atoms with Crippen molar-refractivity contribution in [2.45, 2.75) is 78.2 Å². The van der Waals surface area contributed by atoms with Crippen LogP contribution in [0.1, 0.15) is 86.8 Å². The normalized spacial score (nSPS) is 18.7. The Balaban J connectivity index is 1.50. The Morgan fingerprint density at radius 1 is 1.00 bits per heavy atom. The van der Waals surface area contributed by atoms with E-state index in [9.17, 15) is 4.79 Å². The van der Waals surface area contributed by atoms with Gasteiger partial charge in [0, 0.05) is 12.1 Å². The molecule has 0 amide bonds. The minimum atomic E-state index is 0.162. The molecule has 1 aromatic carbocycles. The molecule has 3 heteroatoms. The zero-order valence-corrected chi connectivity index (χ0v) is 19.7. The number of rotatable bonds is 10. The van der Waals surface area contributed by atoms with E-state index >= 15 is 0 Å². The number of benzene rings is 1. The summed E-state index contributed by atoms with van der Waals surface area (Å²) in [6.45, 7) is 4.93. The highest BCUT2D eigenvalue weighted by molar-refractivity contribution is 5.99. The molecule has 32 heavy (non-hydrogen) atoms. The van der Waals surface area contributed by atoms with Crippen molar-refractivity contribution in [3.8, 4) is 5.75 Å². The molecule has 0 aliphatic heterocycles. The van der Waals surface area contributed by atoms with Crippen LogP contribution in [0.25, 0.3) is 5.52 Å². The third-order valence-electron chi connectivity index (χ3n) is 7.14. The maximum absolute atomic E-state index is 13.7. The van der Waals surface area contributed by atoms with E-state index < -0.39 is 0 Å². The molecule has 0 radical (unpaired) electrons. The van der Waals surface area contributed by atoms with Crippen LogP contribution in [0.4, 0.5) is 0 Å². The van der Waals surface area contributed by atoms with Crippen LogP contribution >= 0.6 is 0 Å². The van der Waals surface area contributed by atoms with E-state index in [4.69, 9.17) is 4.74 Å². The largest absolute Gasteiger partial charge is 0.487 e. The van der Waals surface area contributed by atoms with Gasteiger partial charge in [0.1, 0.15) is 12.4 Å². The van der Waals surface area contributed by atoms with Crippen molar-refractivity contribution in [2.75, 3.05) is 0 Å². The fourth-order valence-corrected chi connectivity index (χ4v) is 5.22. The number of carbonyl (C=O) groups is 1. The van der Waals surface area contributed by atoms with E-state index in [2.05, 4.69) is 36.4 Å². The molecule has 0 atom stereocenters. The van der Waals surface area contributed by atoms with Gasteiger partial charge >= 0.3 is 0 Å². The summed E-state index contributed by atoms with van der Waals surface area (Å²) >= 11 is 0. The second-order valence-electron chi connectivity index (χ2n) is 9.35. The maximum atomic E-state index is 13.7. The molecule has 3 aromatic rings. The lowest BCUT2D eigenvalue weighted by atomic mass is 9.77. The van der Waals surface area contributed by atoms with Crippen LogP contribution in [0, 0.1) is 11.8 Å². The van der Waals surface area contributed by atoms with Gasteiger partial charge in [-0.2, -0.15) is 0 Å². The number of unbranched alkanes of at least 4 members (excludes halogenated alkanes) is 2. The number of nitrogens with zero attached hydrogens (tertiary/aromatic N) is 1. The first kappa shape index (κ1) is 22.6. The van der Waals surface area contributed by atoms with Crippen molar-refractivity contribution in [1.29, 1.82) is 0 Å². The highest BCUT2D eigenvalue weighted by atomic mass is 16.5. The molecule has 0 spiro atoms. The standard InChI is InChI=1S/C29H37NO2/c1-3-5-7-11-22-15-17-25(18-16-22)29(31)28-24(4-2)20-26-27(14-10-19-30(26)28)32-21-23-12-8-6-9-13-23/h6,8-10,12-14,19-20,22,25H,3-5,7,11,15-18,21H2,1-2H3. The van der Waals surface area contributed by atoms with Crippen LogP contribution < -0.4 is 4.74 Å². The van der Waals surface area contributed by atoms with Crippen LogP contribution in [-0.4, -0.2) is 10.2 Å². The third kappa shape index (κ3) is 5.09. The van der Waals surface area contributed by atoms with Crippen LogP contribution in [0.3, 0.4) is 0 Å². The number of carbonyl (C=O) groups excluding carboxylic acids is 1. The van der Waals surface area contributed by atoms with Crippen LogP contribution in [0.2, 0.25) is 0 Å². The van der Waals surface area contributed by atoms with E-state index in [-0.39, 0.29) is 5.92 Å². The molecule has 0 N–H and O–H groups in total. The van der Waals surface area contributed by atoms with Crippen molar-refractivity contribution in [1.82, 2.24) is 4.40 Å². The smallest absolute Gasteiger partial charge is 0.182 e. The molecule has 0 bridgehead atoms. The van der Waals surface area contributed by atoms with Gasteiger partial charge in [-0.3, -0.25) is 4.79 Å². The van der Waals surface area contributed by atoms with Gasteiger partial charge in [-0.1, -0.05) is 69.9 Å². The number of ether oxygens (including phenoxy) is 1. The first-order chi connectivity index (χ1) is 15.7. The summed E-state index contributed by atoms with van der Waals surface area (Å²) in [7, 11) is 0. The van der Waals surface area contributed by atoms with Gasteiger partial charge in [0.2, 0.25) is 0 Å². The van der Waals surface area contributed by atoms with Crippen molar-refractivity contribution in [3.63, 3.8) is 0 Å². The average Bonchev–Trinajstić information content (AvgIpc) is 3.23. The zero-order valence-electron chi connectivity index (χ0n) is 19.7. The van der Waals surface area contributed by atoms with E-state index in [1.165, 1.54) is 38.5 Å². The number of pyridine rings is 1. The highest BCUT2D eigenvalue weighted by Gasteiger charge is 2.30. The highest BCUT2D eigenvalue weighted by Crippen LogP contribution is 2.36. The van der Waals surface area contributed by atoms with Gasteiger partial charge in [-0.15, -0.1) is 0 Å². The molecular formula is C29H37NO2. The van der Waals surface area contributed by atoms with Crippen molar-refractivity contribution < 1.29 is 9.53 Å². The molecule has 170 valence electrons. The topological polar surface area (TPSA) is 30.7 Å². The summed E-state index contributed by atoms with van der Waals surface area (Å²) in [4.78, 5) is 13.7. The zero-order chi connectivity index (χ0) is 22.3. The van der Waals surface area contributed by atoms with Crippen molar-refractivity contribution >= 4 is 11.3 Å². The SMILES string of the molecule is CCCCCC1CCC(C(=O)c2c(CC)cc3c(OCc4ccccc4)cccn23)CC1. The lowest BCUT2D eigenvalue weighted by Crippen LogP contribution is -2.24. The summed E-state index contributed by atoms with van der Waals surface area (Å²) in [5.41, 5.74) is 4.15. The van der Waals surface area contributed by atoms with Crippen LogP contribution in [0.5, 0.6) is 5.75 Å². The van der Waals surface area contributed by atoms with Crippen LogP contribution in [-0.2, 0) is 13.0 Å². The van der Waals surface area contributed by atoms with Gasteiger partial charge in [0.05, 0.1) is 11.2 Å². The summed E-state index contributed by atoms with van der Waals surface area (Å²) < 4.78 is 8.25. The second-order valence-corrected chi connectivity index (χ2v) is 9.35.